The first-order chi connectivity index (χ1) is 6.80. The van der Waals surface area contributed by atoms with E-state index in [0.29, 0.717) is 0 Å². The Balaban J connectivity index is 2.13. The van der Waals surface area contributed by atoms with Crippen molar-refractivity contribution in [2.75, 3.05) is 45.8 Å². The highest BCUT2D eigenvalue weighted by Crippen LogP contribution is 2.13. The fourth-order valence-corrected chi connectivity index (χ4v) is 2.13. The second-order valence-electron chi connectivity index (χ2n) is 4.22. The van der Waals surface area contributed by atoms with Gasteiger partial charge >= 0.3 is 0 Å². The Labute approximate surface area is 88.2 Å². The highest BCUT2D eigenvalue weighted by atomic mass is 15.2. The summed E-state index contributed by atoms with van der Waals surface area (Å²) in [6.07, 6.45) is 1.30. The van der Waals surface area contributed by atoms with E-state index in [4.69, 9.17) is 5.73 Å². The largest absolute Gasteiger partial charge is 0.330 e. The minimum absolute atomic E-state index is 0.756. The van der Waals surface area contributed by atoms with Gasteiger partial charge in [0.1, 0.15) is 0 Å². The van der Waals surface area contributed by atoms with Crippen LogP contribution in [0.15, 0.2) is 0 Å². The Bertz CT molecular complexity index is 145. The summed E-state index contributed by atoms with van der Waals surface area (Å²) in [4.78, 5) is 5.03. The third kappa shape index (κ3) is 3.56. The van der Waals surface area contributed by atoms with Crippen LogP contribution in [0.1, 0.15) is 20.3 Å². The van der Waals surface area contributed by atoms with Crippen molar-refractivity contribution < 1.29 is 0 Å². The van der Waals surface area contributed by atoms with E-state index >= 15 is 0 Å². The molecule has 1 aliphatic heterocycles. The van der Waals surface area contributed by atoms with Gasteiger partial charge in [-0.1, -0.05) is 13.8 Å². The molecule has 1 aliphatic rings. The number of rotatable bonds is 6. The van der Waals surface area contributed by atoms with Gasteiger partial charge in [-0.15, -0.1) is 0 Å². The lowest BCUT2D eigenvalue weighted by Crippen LogP contribution is -2.34. The molecule has 1 heterocycles. The molecule has 3 nitrogen and oxygen atoms in total. The maximum absolute atomic E-state index is 5.67. The van der Waals surface area contributed by atoms with E-state index in [0.717, 1.165) is 12.5 Å². The minimum atomic E-state index is 0.756. The third-order valence-corrected chi connectivity index (χ3v) is 3.33. The zero-order valence-corrected chi connectivity index (χ0v) is 9.71. The molecule has 0 radical (unpaired) electrons. The summed E-state index contributed by atoms with van der Waals surface area (Å²) < 4.78 is 0. The van der Waals surface area contributed by atoms with Gasteiger partial charge in [0.15, 0.2) is 0 Å². The molecule has 1 saturated heterocycles. The van der Waals surface area contributed by atoms with Crippen molar-refractivity contribution in [3.63, 3.8) is 0 Å². The predicted molar refractivity (Wildman–Crippen MR) is 61.4 cm³/mol. The van der Waals surface area contributed by atoms with Crippen LogP contribution in [0, 0.1) is 5.92 Å². The first kappa shape index (κ1) is 12.0. The van der Waals surface area contributed by atoms with Crippen LogP contribution in [0.4, 0.5) is 0 Å². The topological polar surface area (TPSA) is 32.5 Å². The van der Waals surface area contributed by atoms with E-state index in [1.54, 1.807) is 0 Å². The van der Waals surface area contributed by atoms with Crippen molar-refractivity contribution in [1.29, 1.82) is 0 Å². The van der Waals surface area contributed by atoms with Crippen molar-refractivity contribution in [2.45, 2.75) is 20.3 Å². The molecule has 0 aromatic carbocycles. The molecule has 1 fully saturated rings. The smallest absolute Gasteiger partial charge is 0.0109 e. The molecule has 2 N–H and O–H groups in total. The normalized spacial score (nSPS) is 23.6. The van der Waals surface area contributed by atoms with Crippen LogP contribution in [-0.2, 0) is 0 Å². The van der Waals surface area contributed by atoms with Crippen LogP contribution < -0.4 is 5.73 Å². The average molecular weight is 199 g/mol. The lowest BCUT2D eigenvalue weighted by molar-refractivity contribution is 0.237. The first-order valence-corrected chi connectivity index (χ1v) is 5.94. The highest BCUT2D eigenvalue weighted by Gasteiger charge is 2.20. The lowest BCUT2D eigenvalue weighted by Gasteiger charge is -2.22. The third-order valence-electron chi connectivity index (χ3n) is 3.33. The Morgan fingerprint density at radius 3 is 2.57 bits per heavy atom. The van der Waals surface area contributed by atoms with Gasteiger partial charge in [-0.3, -0.25) is 0 Å². The quantitative estimate of drug-likeness (QED) is 0.680. The van der Waals surface area contributed by atoms with Gasteiger partial charge in [-0.25, -0.2) is 0 Å². The predicted octanol–water partition coefficient (Wildman–Crippen LogP) is 0.609. The van der Waals surface area contributed by atoms with Gasteiger partial charge in [-0.2, -0.15) is 0 Å². The zero-order valence-electron chi connectivity index (χ0n) is 9.71. The average Bonchev–Trinajstić information content (AvgIpc) is 2.67. The van der Waals surface area contributed by atoms with Crippen molar-refractivity contribution in [3.05, 3.63) is 0 Å². The maximum Gasteiger partial charge on any atom is 0.0109 e. The van der Waals surface area contributed by atoms with Crippen molar-refractivity contribution in [3.8, 4) is 0 Å². The summed E-state index contributed by atoms with van der Waals surface area (Å²) in [7, 11) is 0. The van der Waals surface area contributed by atoms with E-state index in [9.17, 15) is 0 Å². The van der Waals surface area contributed by atoms with Crippen molar-refractivity contribution in [1.82, 2.24) is 9.80 Å². The zero-order chi connectivity index (χ0) is 10.4. The molecule has 14 heavy (non-hydrogen) atoms. The number of nitrogens with two attached hydrogens (primary N) is 1. The first-order valence-electron chi connectivity index (χ1n) is 5.94. The molecular weight excluding hydrogens is 174 g/mol. The Morgan fingerprint density at radius 2 is 2.07 bits per heavy atom. The molecule has 84 valence electrons. The van der Waals surface area contributed by atoms with Gasteiger partial charge in [-0.05, 0) is 38.5 Å². The number of likely N-dealkylation sites (N-methyl/N-ethyl adjacent to an activating group) is 1. The summed E-state index contributed by atoms with van der Waals surface area (Å²) in [5.74, 6) is 0.756. The molecular formula is C11H25N3. The highest BCUT2D eigenvalue weighted by molar-refractivity contribution is 4.76. The molecule has 1 atom stereocenters. The lowest BCUT2D eigenvalue weighted by atomic mass is 10.1. The van der Waals surface area contributed by atoms with Gasteiger partial charge < -0.3 is 15.5 Å². The summed E-state index contributed by atoms with van der Waals surface area (Å²) in [5, 5.41) is 0. The van der Waals surface area contributed by atoms with Gasteiger partial charge in [0, 0.05) is 19.6 Å². The maximum atomic E-state index is 5.67. The molecule has 0 amide bonds. The Hall–Kier alpha value is -0.120. The molecule has 1 unspecified atom stereocenters. The number of hydrogen-bond acceptors (Lipinski definition) is 3. The molecule has 0 spiro atoms. The monoisotopic (exact) mass is 199 g/mol. The second kappa shape index (κ2) is 6.38. The fraction of sp³-hybridized carbons (Fsp3) is 1.00. The van der Waals surface area contributed by atoms with Crippen LogP contribution in [0.2, 0.25) is 0 Å². The molecule has 0 aromatic rings. The van der Waals surface area contributed by atoms with Crippen LogP contribution in [0.3, 0.4) is 0 Å². The summed E-state index contributed by atoms with van der Waals surface area (Å²) in [6.45, 7) is 12.6. The van der Waals surface area contributed by atoms with Crippen LogP contribution >= 0.6 is 0 Å². The molecule has 0 aromatic heterocycles. The van der Waals surface area contributed by atoms with E-state index < -0.39 is 0 Å². The van der Waals surface area contributed by atoms with E-state index in [2.05, 4.69) is 23.6 Å². The number of nitrogens with zero attached hydrogens (tertiary/aromatic N) is 2. The Morgan fingerprint density at radius 1 is 1.36 bits per heavy atom. The SMILES string of the molecule is CCN(CC)CCN1CCC(CN)C1. The van der Waals surface area contributed by atoms with E-state index in [1.807, 2.05) is 0 Å². The standard InChI is InChI=1S/C11H25N3/c1-3-13(4-2)7-8-14-6-5-11(9-12)10-14/h11H,3-10,12H2,1-2H3. The number of hydrogen-bond donors (Lipinski definition) is 1. The summed E-state index contributed by atoms with van der Waals surface area (Å²) in [6, 6.07) is 0. The van der Waals surface area contributed by atoms with Crippen LogP contribution in [0.5, 0.6) is 0 Å². The van der Waals surface area contributed by atoms with Gasteiger partial charge in [0.2, 0.25) is 0 Å². The van der Waals surface area contributed by atoms with Crippen molar-refractivity contribution in [2.24, 2.45) is 11.7 Å². The minimum Gasteiger partial charge on any atom is -0.330 e. The van der Waals surface area contributed by atoms with Gasteiger partial charge in [0.25, 0.3) is 0 Å². The van der Waals surface area contributed by atoms with Crippen molar-refractivity contribution >= 4 is 0 Å². The fourth-order valence-electron chi connectivity index (χ4n) is 2.13. The summed E-state index contributed by atoms with van der Waals surface area (Å²) in [5.41, 5.74) is 5.67. The number of likely N-dealkylation sites (tertiary alicyclic amines) is 1. The molecule has 0 saturated carbocycles. The second-order valence-corrected chi connectivity index (χ2v) is 4.22. The molecule has 1 rings (SSSR count). The van der Waals surface area contributed by atoms with E-state index in [-0.39, 0.29) is 0 Å². The van der Waals surface area contributed by atoms with E-state index in [1.165, 1.54) is 45.7 Å². The van der Waals surface area contributed by atoms with Crippen LogP contribution in [0.25, 0.3) is 0 Å². The molecule has 3 heteroatoms. The Kier molecular flexibility index (Phi) is 5.45. The molecule has 0 aliphatic carbocycles. The summed E-state index contributed by atoms with van der Waals surface area (Å²) >= 11 is 0. The molecule has 0 bridgehead atoms. The van der Waals surface area contributed by atoms with Crippen LogP contribution in [-0.4, -0.2) is 55.6 Å². The van der Waals surface area contributed by atoms with Gasteiger partial charge in [0.05, 0.1) is 0 Å².